The summed E-state index contributed by atoms with van der Waals surface area (Å²) < 4.78 is 26.9. The summed E-state index contributed by atoms with van der Waals surface area (Å²) in [6.45, 7) is 1.56. The number of fused-ring (bicyclic) bond motifs is 1. The van der Waals surface area contributed by atoms with Crippen molar-refractivity contribution in [3.8, 4) is 11.1 Å². The SMILES string of the molecule is Cc1c(F)cncc1-c1cc2cnc(NC(=O)OF)cc2n(C)c1=O. The highest BCUT2D eigenvalue weighted by Crippen LogP contribution is 2.25. The van der Waals surface area contributed by atoms with Crippen molar-refractivity contribution in [1.29, 1.82) is 0 Å². The molecule has 25 heavy (non-hydrogen) atoms. The molecule has 0 radical (unpaired) electrons. The molecule has 0 saturated heterocycles. The first-order chi connectivity index (χ1) is 11.9. The van der Waals surface area contributed by atoms with Crippen LogP contribution >= 0.6 is 0 Å². The van der Waals surface area contributed by atoms with E-state index in [0.717, 1.165) is 6.20 Å². The molecule has 128 valence electrons. The van der Waals surface area contributed by atoms with Crippen LogP contribution in [0.25, 0.3) is 22.0 Å². The van der Waals surface area contributed by atoms with Gasteiger partial charge in [0.05, 0.1) is 11.7 Å². The number of pyridine rings is 3. The number of carbonyl (C=O) groups is 1. The predicted octanol–water partition coefficient (Wildman–Crippen LogP) is 2.88. The highest BCUT2D eigenvalue weighted by Gasteiger charge is 2.14. The van der Waals surface area contributed by atoms with Crippen LogP contribution in [0.15, 0.2) is 35.5 Å². The van der Waals surface area contributed by atoms with Gasteiger partial charge in [0.1, 0.15) is 11.6 Å². The first-order valence-corrected chi connectivity index (χ1v) is 7.12. The molecule has 3 heterocycles. The Balaban J connectivity index is 2.20. The van der Waals surface area contributed by atoms with Gasteiger partial charge in [-0.3, -0.25) is 15.1 Å². The van der Waals surface area contributed by atoms with Crippen LogP contribution in [0.2, 0.25) is 0 Å². The Morgan fingerprint density at radius 3 is 2.72 bits per heavy atom. The van der Waals surface area contributed by atoms with E-state index < -0.39 is 11.9 Å². The topological polar surface area (TPSA) is 86.1 Å². The van der Waals surface area contributed by atoms with E-state index in [9.17, 15) is 18.5 Å². The van der Waals surface area contributed by atoms with Crippen LogP contribution in [0.1, 0.15) is 5.56 Å². The van der Waals surface area contributed by atoms with Gasteiger partial charge in [-0.1, -0.05) is 0 Å². The van der Waals surface area contributed by atoms with E-state index in [1.54, 1.807) is 13.0 Å². The lowest BCUT2D eigenvalue weighted by Crippen LogP contribution is -2.20. The molecule has 0 aromatic carbocycles. The van der Waals surface area contributed by atoms with Gasteiger partial charge in [0.15, 0.2) is 0 Å². The van der Waals surface area contributed by atoms with Crippen molar-refractivity contribution in [3.05, 3.63) is 52.5 Å². The number of aromatic nitrogens is 3. The summed E-state index contributed by atoms with van der Waals surface area (Å²) in [6, 6.07) is 2.96. The normalized spacial score (nSPS) is 10.7. The van der Waals surface area contributed by atoms with Crippen molar-refractivity contribution in [2.45, 2.75) is 6.92 Å². The van der Waals surface area contributed by atoms with Crippen molar-refractivity contribution in [2.24, 2.45) is 7.05 Å². The molecule has 0 unspecified atom stereocenters. The molecular formula is C16H12F2N4O3. The molecule has 9 heteroatoms. The first-order valence-electron chi connectivity index (χ1n) is 7.12. The number of hydrogen-bond donors (Lipinski definition) is 1. The molecule has 0 aliphatic heterocycles. The minimum atomic E-state index is -1.32. The Morgan fingerprint density at radius 2 is 2.00 bits per heavy atom. The van der Waals surface area contributed by atoms with Crippen LogP contribution in [-0.2, 0) is 12.0 Å². The molecule has 0 spiro atoms. The van der Waals surface area contributed by atoms with Gasteiger partial charge in [-0.15, -0.1) is 0 Å². The van der Waals surface area contributed by atoms with E-state index in [4.69, 9.17) is 0 Å². The molecule has 0 saturated carbocycles. The summed E-state index contributed by atoms with van der Waals surface area (Å²) in [7, 11) is 1.52. The van der Waals surface area contributed by atoms with Crippen LogP contribution in [0, 0.1) is 12.7 Å². The molecule has 1 N–H and O–H groups in total. The molecule has 3 aromatic heterocycles. The fourth-order valence-corrected chi connectivity index (χ4v) is 2.52. The standard InChI is InChI=1S/C16H12F2N4O3/c1-8-11(6-19-7-12(8)17)10-3-9-5-20-14(21-16(24)25-18)4-13(9)22(2)15(10)23/h3-7H,1-2H3,(H,20,21,24). The molecule has 0 aliphatic rings. The third kappa shape index (κ3) is 2.91. The average Bonchev–Trinajstić information content (AvgIpc) is 2.61. The highest BCUT2D eigenvalue weighted by molar-refractivity contribution is 5.89. The van der Waals surface area contributed by atoms with Crippen LogP contribution in [-0.4, -0.2) is 20.6 Å². The fourth-order valence-electron chi connectivity index (χ4n) is 2.52. The van der Waals surface area contributed by atoms with Gasteiger partial charge < -0.3 is 4.57 Å². The maximum absolute atomic E-state index is 13.8. The summed E-state index contributed by atoms with van der Waals surface area (Å²) in [5.41, 5.74) is 1.02. The molecule has 3 rings (SSSR count). The average molecular weight is 346 g/mol. The number of aryl methyl sites for hydroxylation is 1. The fraction of sp³-hybridized carbons (Fsp3) is 0.125. The Bertz CT molecular complexity index is 1050. The summed E-state index contributed by atoms with van der Waals surface area (Å²) in [4.78, 5) is 34.3. The summed E-state index contributed by atoms with van der Waals surface area (Å²) in [5, 5.41) is 2.64. The van der Waals surface area contributed by atoms with Gasteiger partial charge >= 0.3 is 6.09 Å². The Hall–Kier alpha value is -3.36. The van der Waals surface area contributed by atoms with Crippen molar-refractivity contribution in [1.82, 2.24) is 14.5 Å². The Morgan fingerprint density at radius 1 is 1.24 bits per heavy atom. The van der Waals surface area contributed by atoms with Crippen molar-refractivity contribution >= 4 is 22.8 Å². The molecule has 3 aromatic rings. The third-order valence-electron chi connectivity index (χ3n) is 3.85. The number of carbonyl (C=O) groups excluding carboxylic acids is 1. The van der Waals surface area contributed by atoms with Crippen molar-refractivity contribution in [2.75, 3.05) is 5.32 Å². The molecule has 0 atom stereocenters. The molecule has 1 amide bonds. The predicted molar refractivity (Wildman–Crippen MR) is 86.1 cm³/mol. The minimum Gasteiger partial charge on any atom is -0.311 e. The van der Waals surface area contributed by atoms with Crippen LogP contribution in [0.3, 0.4) is 0 Å². The third-order valence-corrected chi connectivity index (χ3v) is 3.85. The van der Waals surface area contributed by atoms with E-state index >= 15 is 0 Å². The number of anilines is 1. The maximum atomic E-state index is 13.8. The van der Waals surface area contributed by atoms with Gasteiger partial charge in [-0.2, -0.15) is 0 Å². The van der Waals surface area contributed by atoms with Crippen molar-refractivity contribution in [3.63, 3.8) is 0 Å². The molecule has 0 bridgehead atoms. The number of hydrogen-bond acceptors (Lipinski definition) is 5. The number of nitrogens with zero attached hydrogens (tertiary/aromatic N) is 3. The quantitative estimate of drug-likeness (QED) is 0.771. The second-order valence-corrected chi connectivity index (χ2v) is 5.33. The molecular weight excluding hydrogens is 334 g/mol. The van der Waals surface area contributed by atoms with E-state index in [-0.39, 0.29) is 16.9 Å². The van der Waals surface area contributed by atoms with Crippen LogP contribution in [0.5, 0.6) is 0 Å². The molecule has 0 aliphatic carbocycles. The zero-order valence-corrected chi connectivity index (χ0v) is 13.2. The summed E-state index contributed by atoms with van der Waals surface area (Å²) in [6.07, 6.45) is 2.57. The van der Waals surface area contributed by atoms with E-state index in [1.807, 2.05) is 0 Å². The van der Waals surface area contributed by atoms with Crippen molar-refractivity contribution < 1.29 is 18.7 Å². The summed E-state index contributed by atoms with van der Waals surface area (Å²) in [5.74, 6) is -0.497. The largest absolute Gasteiger partial charge is 0.450 e. The Kier molecular flexibility index (Phi) is 4.14. The lowest BCUT2D eigenvalue weighted by Gasteiger charge is -2.11. The summed E-state index contributed by atoms with van der Waals surface area (Å²) >= 11 is 0. The van der Waals surface area contributed by atoms with Gasteiger partial charge in [-0.05, 0) is 18.6 Å². The minimum absolute atomic E-state index is 0.0153. The lowest BCUT2D eigenvalue weighted by atomic mass is 10.0. The van der Waals surface area contributed by atoms with E-state index in [0.29, 0.717) is 22.0 Å². The number of amides is 1. The zero-order valence-electron chi connectivity index (χ0n) is 13.2. The van der Waals surface area contributed by atoms with E-state index in [1.165, 1.54) is 30.1 Å². The molecule has 7 nitrogen and oxygen atoms in total. The smallest absolute Gasteiger partial charge is 0.311 e. The highest BCUT2D eigenvalue weighted by atomic mass is 19.3. The first kappa shape index (κ1) is 16.5. The van der Waals surface area contributed by atoms with Gasteiger partial charge in [0.2, 0.25) is 0 Å². The zero-order chi connectivity index (χ0) is 18.1. The lowest BCUT2D eigenvalue weighted by molar-refractivity contribution is -0.0544. The number of nitrogens with one attached hydrogen (secondary N) is 1. The number of halogens is 2. The maximum Gasteiger partial charge on any atom is 0.450 e. The van der Waals surface area contributed by atoms with Gasteiger partial charge in [-0.25, -0.2) is 19.1 Å². The van der Waals surface area contributed by atoms with Crippen LogP contribution in [0.4, 0.5) is 19.5 Å². The second kappa shape index (κ2) is 6.27. The second-order valence-electron chi connectivity index (χ2n) is 5.33. The molecule has 0 fully saturated rings. The Labute approximate surface area is 139 Å². The number of rotatable bonds is 2. The van der Waals surface area contributed by atoms with E-state index in [2.05, 4.69) is 20.2 Å². The van der Waals surface area contributed by atoms with Gasteiger partial charge in [0.25, 0.3) is 5.56 Å². The van der Waals surface area contributed by atoms with Gasteiger partial charge in [0, 0.05) is 46.5 Å². The van der Waals surface area contributed by atoms with Crippen LogP contribution < -0.4 is 10.9 Å². The monoisotopic (exact) mass is 346 g/mol.